The van der Waals surface area contributed by atoms with Crippen LogP contribution in [0.15, 0.2) is 0 Å². The van der Waals surface area contributed by atoms with Crippen LogP contribution < -0.4 is 0 Å². The molecule has 0 saturated carbocycles. The summed E-state index contributed by atoms with van der Waals surface area (Å²) in [5.41, 5.74) is 0. The number of carboxylic acid groups (broad SMARTS) is 1. The maximum atomic E-state index is 12.2. The Morgan fingerprint density at radius 2 is 2.11 bits per heavy atom. The number of carboxylic acids is 1. The normalized spacial score (nSPS) is 24.4. The van der Waals surface area contributed by atoms with E-state index in [1.54, 1.807) is 0 Å². The predicted octanol–water partition coefficient (Wildman–Crippen LogP) is 0.375. The summed E-state index contributed by atoms with van der Waals surface area (Å²) in [4.78, 5) is 37.9. The second-order valence-electron chi connectivity index (χ2n) is 4.86. The summed E-state index contributed by atoms with van der Waals surface area (Å²) < 4.78 is 0. The molecule has 1 unspecified atom stereocenters. The van der Waals surface area contributed by atoms with E-state index in [-0.39, 0.29) is 18.4 Å². The molecule has 0 aromatic carbocycles. The van der Waals surface area contributed by atoms with E-state index in [0.717, 1.165) is 19.3 Å². The van der Waals surface area contributed by atoms with Crippen molar-refractivity contribution in [1.82, 2.24) is 9.80 Å². The largest absolute Gasteiger partial charge is 0.480 e. The van der Waals surface area contributed by atoms with E-state index in [0.29, 0.717) is 24.6 Å². The summed E-state index contributed by atoms with van der Waals surface area (Å²) in [5, 5.41) is 9.22. The first kappa shape index (κ1) is 14.2. The highest BCUT2D eigenvalue weighted by Crippen LogP contribution is 2.19. The average molecular weight is 286 g/mol. The van der Waals surface area contributed by atoms with Crippen LogP contribution in [0.25, 0.3) is 0 Å². The molecule has 2 aliphatic rings. The molecule has 2 aliphatic heterocycles. The molecule has 1 N–H and O–H groups in total. The minimum Gasteiger partial charge on any atom is -0.480 e. The Morgan fingerprint density at radius 3 is 2.74 bits per heavy atom. The molecule has 0 aromatic heterocycles. The van der Waals surface area contributed by atoms with Crippen LogP contribution >= 0.6 is 11.8 Å². The van der Waals surface area contributed by atoms with Crippen molar-refractivity contribution >= 4 is 29.5 Å². The highest BCUT2D eigenvalue weighted by atomic mass is 32.2. The lowest BCUT2D eigenvalue weighted by Gasteiger charge is -2.28. The molecule has 106 valence electrons. The molecule has 7 heteroatoms. The van der Waals surface area contributed by atoms with Crippen LogP contribution in [0.5, 0.6) is 0 Å². The SMILES string of the molecule is O=C(O)C1CCCCCN1C(=O)CN1CSCC1=O. The van der Waals surface area contributed by atoms with E-state index in [1.165, 1.54) is 21.6 Å². The summed E-state index contributed by atoms with van der Waals surface area (Å²) in [6.07, 6.45) is 3.12. The van der Waals surface area contributed by atoms with E-state index in [2.05, 4.69) is 0 Å². The monoisotopic (exact) mass is 286 g/mol. The lowest BCUT2D eigenvalue weighted by Crippen LogP contribution is -2.48. The summed E-state index contributed by atoms with van der Waals surface area (Å²) in [5.74, 6) is -0.297. The molecular weight excluding hydrogens is 268 g/mol. The molecule has 1 atom stereocenters. The van der Waals surface area contributed by atoms with Gasteiger partial charge in [-0.05, 0) is 12.8 Å². The van der Waals surface area contributed by atoms with Crippen LogP contribution in [0.1, 0.15) is 25.7 Å². The van der Waals surface area contributed by atoms with Gasteiger partial charge in [-0.2, -0.15) is 0 Å². The molecule has 2 fully saturated rings. The van der Waals surface area contributed by atoms with E-state index in [9.17, 15) is 19.5 Å². The molecule has 0 bridgehead atoms. The molecule has 0 radical (unpaired) electrons. The molecule has 2 amide bonds. The second-order valence-corrected chi connectivity index (χ2v) is 5.81. The fraction of sp³-hybridized carbons (Fsp3) is 0.750. The Labute approximate surface area is 116 Å². The Morgan fingerprint density at radius 1 is 1.32 bits per heavy atom. The van der Waals surface area contributed by atoms with Crippen molar-refractivity contribution in [2.45, 2.75) is 31.7 Å². The van der Waals surface area contributed by atoms with Gasteiger partial charge in [0.15, 0.2) is 0 Å². The van der Waals surface area contributed by atoms with E-state index in [1.807, 2.05) is 0 Å². The van der Waals surface area contributed by atoms with Crippen molar-refractivity contribution in [2.75, 3.05) is 24.7 Å². The summed E-state index contributed by atoms with van der Waals surface area (Å²) in [7, 11) is 0. The number of aliphatic carboxylic acids is 1. The molecular formula is C12H18N2O4S. The van der Waals surface area contributed by atoms with Crippen molar-refractivity contribution in [3.63, 3.8) is 0 Å². The van der Waals surface area contributed by atoms with Gasteiger partial charge in [-0.15, -0.1) is 11.8 Å². The molecule has 19 heavy (non-hydrogen) atoms. The second kappa shape index (κ2) is 6.27. The van der Waals surface area contributed by atoms with Crippen molar-refractivity contribution in [3.8, 4) is 0 Å². The van der Waals surface area contributed by atoms with Gasteiger partial charge >= 0.3 is 5.97 Å². The zero-order valence-electron chi connectivity index (χ0n) is 10.7. The predicted molar refractivity (Wildman–Crippen MR) is 70.6 cm³/mol. The lowest BCUT2D eigenvalue weighted by molar-refractivity contribution is -0.151. The third-order valence-electron chi connectivity index (χ3n) is 3.51. The molecule has 2 saturated heterocycles. The van der Waals surface area contributed by atoms with E-state index < -0.39 is 12.0 Å². The molecule has 0 aliphatic carbocycles. The number of nitrogens with zero attached hydrogens (tertiary/aromatic N) is 2. The third-order valence-corrected chi connectivity index (χ3v) is 4.46. The minimum atomic E-state index is -0.947. The van der Waals surface area contributed by atoms with Crippen LogP contribution in [-0.4, -0.2) is 63.5 Å². The number of likely N-dealkylation sites (tertiary alicyclic amines) is 1. The Hall–Kier alpha value is -1.24. The van der Waals surface area contributed by atoms with Gasteiger partial charge in [0.2, 0.25) is 11.8 Å². The van der Waals surface area contributed by atoms with Gasteiger partial charge in [-0.1, -0.05) is 12.8 Å². The Balaban J connectivity index is 2.01. The first-order valence-electron chi connectivity index (χ1n) is 6.47. The number of hydrogen-bond acceptors (Lipinski definition) is 4. The van der Waals surface area contributed by atoms with Crippen molar-refractivity contribution in [3.05, 3.63) is 0 Å². The quantitative estimate of drug-likeness (QED) is 0.811. The maximum Gasteiger partial charge on any atom is 0.326 e. The summed E-state index contributed by atoms with van der Waals surface area (Å²) in [6.45, 7) is 0.487. The van der Waals surface area contributed by atoms with Crippen LogP contribution in [0.3, 0.4) is 0 Å². The first-order chi connectivity index (χ1) is 9.09. The number of hydrogen-bond donors (Lipinski definition) is 1. The number of thioether (sulfide) groups is 1. The summed E-state index contributed by atoms with van der Waals surface area (Å²) in [6, 6.07) is -0.736. The van der Waals surface area contributed by atoms with Crippen molar-refractivity contribution in [2.24, 2.45) is 0 Å². The van der Waals surface area contributed by atoms with Crippen molar-refractivity contribution < 1.29 is 19.5 Å². The van der Waals surface area contributed by atoms with Gasteiger partial charge in [-0.25, -0.2) is 4.79 Å². The van der Waals surface area contributed by atoms with Gasteiger partial charge in [-0.3, -0.25) is 9.59 Å². The molecule has 0 aromatic rings. The highest BCUT2D eigenvalue weighted by molar-refractivity contribution is 8.00. The number of carbonyl (C=O) groups is 3. The van der Waals surface area contributed by atoms with Crippen LogP contribution in [-0.2, 0) is 14.4 Å². The van der Waals surface area contributed by atoms with Gasteiger partial charge in [0.25, 0.3) is 0 Å². The minimum absolute atomic E-state index is 0.00954. The molecule has 2 rings (SSSR count). The fourth-order valence-electron chi connectivity index (χ4n) is 2.46. The molecule has 2 heterocycles. The van der Waals surface area contributed by atoms with Crippen LogP contribution in [0.2, 0.25) is 0 Å². The van der Waals surface area contributed by atoms with E-state index >= 15 is 0 Å². The lowest BCUT2D eigenvalue weighted by atomic mass is 10.1. The first-order valence-corrected chi connectivity index (χ1v) is 7.63. The zero-order chi connectivity index (χ0) is 13.8. The van der Waals surface area contributed by atoms with E-state index in [4.69, 9.17) is 0 Å². The topological polar surface area (TPSA) is 77.9 Å². The number of amides is 2. The standard InChI is InChI=1S/C12H18N2O4S/c15-10(6-13-8-19-7-11(13)16)14-5-3-1-2-4-9(14)12(17)18/h9H,1-8H2,(H,17,18). The highest BCUT2D eigenvalue weighted by Gasteiger charge is 2.33. The van der Waals surface area contributed by atoms with Gasteiger partial charge in [0.05, 0.1) is 11.6 Å². The molecule has 6 nitrogen and oxygen atoms in total. The third kappa shape index (κ3) is 3.40. The number of rotatable bonds is 3. The molecule has 0 spiro atoms. The van der Waals surface area contributed by atoms with Crippen LogP contribution in [0, 0.1) is 0 Å². The van der Waals surface area contributed by atoms with Gasteiger partial charge in [0.1, 0.15) is 12.6 Å². The number of carbonyl (C=O) groups excluding carboxylic acids is 2. The fourth-order valence-corrected chi connectivity index (χ4v) is 3.36. The zero-order valence-corrected chi connectivity index (χ0v) is 11.5. The average Bonchev–Trinajstić information content (AvgIpc) is 2.66. The van der Waals surface area contributed by atoms with Gasteiger partial charge in [0, 0.05) is 6.54 Å². The summed E-state index contributed by atoms with van der Waals surface area (Å²) >= 11 is 1.48. The van der Waals surface area contributed by atoms with Crippen LogP contribution in [0.4, 0.5) is 0 Å². The Bertz CT molecular complexity index is 388. The van der Waals surface area contributed by atoms with Crippen molar-refractivity contribution in [1.29, 1.82) is 0 Å². The Kier molecular flexibility index (Phi) is 4.68. The smallest absolute Gasteiger partial charge is 0.326 e. The van der Waals surface area contributed by atoms with Gasteiger partial charge < -0.3 is 14.9 Å². The maximum absolute atomic E-state index is 12.2.